The third-order valence-electron chi connectivity index (χ3n) is 3.75. The minimum absolute atomic E-state index is 0.0357. The highest BCUT2D eigenvalue weighted by Gasteiger charge is 2.32. The molecule has 1 amide bonds. The van der Waals surface area contributed by atoms with E-state index in [2.05, 4.69) is 15.9 Å². The molecule has 0 unspecified atom stereocenters. The van der Waals surface area contributed by atoms with Gasteiger partial charge in [-0.3, -0.25) is 4.79 Å². The third kappa shape index (κ3) is 5.45. The largest absolute Gasteiger partial charge is 0.452 e. The fourth-order valence-electron chi connectivity index (χ4n) is 2.34. The number of nitrogens with zero attached hydrogens (tertiary/aromatic N) is 1. The molecule has 1 aromatic carbocycles. The number of carbonyl (C=O) groups is 2. The maximum absolute atomic E-state index is 12.0. The van der Waals surface area contributed by atoms with Gasteiger partial charge in [-0.2, -0.15) is 0 Å². The van der Waals surface area contributed by atoms with Crippen LogP contribution in [0.3, 0.4) is 0 Å². The van der Waals surface area contributed by atoms with E-state index in [-0.39, 0.29) is 17.5 Å². The van der Waals surface area contributed by atoms with E-state index in [0.717, 1.165) is 10.0 Å². The van der Waals surface area contributed by atoms with E-state index in [1.807, 2.05) is 24.3 Å². The van der Waals surface area contributed by atoms with Crippen molar-refractivity contribution in [1.82, 2.24) is 4.90 Å². The highest BCUT2D eigenvalue weighted by atomic mass is 79.9. The van der Waals surface area contributed by atoms with E-state index in [0.29, 0.717) is 6.42 Å². The van der Waals surface area contributed by atoms with Crippen molar-refractivity contribution in [2.75, 3.05) is 25.2 Å². The van der Waals surface area contributed by atoms with Crippen molar-refractivity contribution in [2.45, 2.75) is 12.5 Å². The van der Waals surface area contributed by atoms with E-state index < -0.39 is 28.3 Å². The zero-order valence-electron chi connectivity index (χ0n) is 13.1. The van der Waals surface area contributed by atoms with Gasteiger partial charge in [-0.05, 0) is 30.2 Å². The van der Waals surface area contributed by atoms with E-state index in [1.54, 1.807) is 6.08 Å². The predicted octanol–water partition coefficient (Wildman–Crippen LogP) is 1.65. The molecular formula is C16H18BrNO5S. The molecule has 1 atom stereocenters. The van der Waals surface area contributed by atoms with Crippen molar-refractivity contribution in [2.24, 2.45) is 0 Å². The molecule has 24 heavy (non-hydrogen) atoms. The molecular weight excluding hydrogens is 398 g/mol. The third-order valence-corrected chi connectivity index (χ3v) is 5.99. The summed E-state index contributed by atoms with van der Waals surface area (Å²) in [6, 6.07) is 7.02. The topological polar surface area (TPSA) is 80.8 Å². The molecule has 0 aromatic heterocycles. The average Bonchev–Trinajstić information content (AvgIpc) is 2.90. The average molecular weight is 416 g/mol. The molecule has 8 heteroatoms. The summed E-state index contributed by atoms with van der Waals surface area (Å²) in [4.78, 5) is 25.0. The molecule has 0 saturated carbocycles. The molecule has 6 nitrogen and oxygen atoms in total. The quantitative estimate of drug-likeness (QED) is 0.539. The summed E-state index contributed by atoms with van der Waals surface area (Å²) in [5.41, 5.74) is 0.820. The van der Waals surface area contributed by atoms with Crippen LogP contribution in [-0.4, -0.2) is 56.4 Å². The van der Waals surface area contributed by atoms with Gasteiger partial charge in [0.25, 0.3) is 5.91 Å². The Morgan fingerprint density at radius 1 is 1.42 bits per heavy atom. The van der Waals surface area contributed by atoms with Crippen molar-refractivity contribution in [3.63, 3.8) is 0 Å². The second kappa shape index (κ2) is 7.94. The second-order valence-electron chi connectivity index (χ2n) is 5.56. The summed E-state index contributed by atoms with van der Waals surface area (Å²) in [6.07, 6.45) is 3.25. The molecule has 1 aliphatic heterocycles. The normalized spacial score (nSPS) is 19.3. The van der Waals surface area contributed by atoms with E-state index >= 15 is 0 Å². The van der Waals surface area contributed by atoms with Gasteiger partial charge < -0.3 is 9.64 Å². The Bertz CT molecular complexity index is 759. The first kappa shape index (κ1) is 18.7. The first-order valence-corrected chi connectivity index (χ1v) is 9.95. The van der Waals surface area contributed by atoms with Crippen molar-refractivity contribution in [3.8, 4) is 0 Å². The molecule has 1 saturated heterocycles. The van der Waals surface area contributed by atoms with Gasteiger partial charge in [-0.25, -0.2) is 13.2 Å². The highest BCUT2D eigenvalue weighted by Crippen LogP contribution is 2.16. The number of rotatable bonds is 5. The van der Waals surface area contributed by atoms with Gasteiger partial charge in [0.2, 0.25) is 0 Å². The molecule has 2 rings (SSSR count). The Morgan fingerprint density at radius 3 is 2.79 bits per heavy atom. The Hall–Kier alpha value is -1.67. The summed E-state index contributed by atoms with van der Waals surface area (Å²) in [5.74, 6) is -0.992. The van der Waals surface area contributed by atoms with Crippen LogP contribution in [0.5, 0.6) is 0 Å². The maximum Gasteiger partial charge on any atom is 0.331 e. The molecule has 130 valence electrons. The lowest BCUT2D eigenvalue weighted by atomic mass is 10.2. The molecule has 1 aromatic rings. The zero-order chi connectivity index (χ0) is 17.7. The second-order valence-corrected chi connectivity index (χ2v) is 8.70. The van der Waals surface area contributed by atoms with Crippen LogP contribution in [0, 0.1) is 0 Å². The molecule has 1 fully saturated rings. The van der Waals surface area contributed by atoms with Crippen LogP contribution < -0.4 is 0 Å². The van der Waals surface area contributed by atoms with Crippen LogP contribution in [-0.2, 0) is 24.2 Å². The number of esters is 1. The lowest BCUT2D eigenvalue weighted by Crippen LogP contribution is -2.40. The highest BCUT2D eigenvalue weighted by molar-refractivity contribution is 9.10. The fourth-order valence-corrected chi connectivity index (χ4v) is 4.53. The van der Waals surface area contributed by atoms with Crippen LogP contribution in [0.2, 0.25) is 0 Å². The van der Waals surface area contributed by atoms with Crippen molar-refractivity contribution in [1.29, 1.82) is 0 Å². The lowest BCUT2D eigenvalue weighted by molar-refractivity contribution is -0.148. The number of likely N-dealkylation sites (N-methyl/N-ethyl adjacent to an activating group) is 1. The number of hydrogen-bond acceptors (Lipinski definition) is 5. The van der Waals surface area contributed by atoms with E-state index in [4.69, 9.17) is 4.74 Å². The number of sulfone groups is 1. The molecule has 0 N–H and O–H groups in total. The Labute approximate surface area is 149 Å². The summed E-state index contributed by atoms with van der Waals surface area (Å²) in [7, 11) is -1.54. The Morgan fingerprint density at radius 2 is 2.17 bits per heavy atom. The summed E-state index contributed by atoms with van der Waals surface area (Å²) in [5, 5.41) is 0. The standard InChI is InChI=1S/C16H18BrNO5S/c1-18(14-7-8-24(21,22)11-14)15(19)10-23-16(20)6-5-12-3-2-4-13(17)9-12/h2-6,9,14H,7-8,10-11H2,1H3/b6-5+/t14-/m1/s1. The summed E-state index contributed by atoms with van der Waals surface area (Å²) < 4.78 is 28.7. The Kier molecular flexibility index (Phi) is 6.17. The molecule has 0 spiro atoms. The van der Waals surface area contributed by atoms with Crippen molar-refractivity contribution < 1.29 is 22.7 Å². The van der Waals surface area contributed by atoms with Gasteiger partial charge in [0.05, 0.1) is 11.5 Å². The number of carbonyl (C=O) groups excluding carboxylic acids is 2. The number of ether oxygens (including phenoxy) is 1. The minimum atomic E-state index is -3.06. The van der Waals surface area contributed by atoms with Crippen LogP contribution in [0.1, 0.15) is 12.0 Å². The smallest absolute Gasteiger partial charge is 0.331 e. The van der Waals surface area contributed by atoms with Gasteiger partial charge in [0.1, 0.15) is 0 Å². The van der Waals surface area contributed by atoms with Crippen molar-refractivity contribution >= 4 is 43.7 Å². The van der Waals surface area contributed by atoms with Gasteiger partial charge in [-0.1, -0.05) is 28.1 Å². The molecule has 0 radical (unpaired) electrons. The molecule has 0 bridgehead atoms. The first-order valence-electron chi connectivity index (χ1n) is 7.33. The maximum atomic E-state index is 12.0. The molecule has 1 aliphatic rings. The minimum Gasteiger partial charge on any atom is -0.452 e. The Balaban J connectivity index is 1.82. The molecule has 0 aliphatic carbocycles. The van der Waals surface area contributed by atoms with Gasteiger partial charge in [-0.15, -0.1) is 0 Å². The van der Waals surface area contributed by atoms with Crippen LogP contribution >= 0.6 is 15.9 Å². The van der Waals surface area contributed by atoms with Gasteiger partial charge in [0.15, 0.2) is 16.4 Å². The first-order chi connectivity index (χ1) is 11.3. The monoisotopic (exact) mass is 415 g/mol. The van der Waals surface area contributed by atoms with Gasteiger partial charge in [0, 0.05) is 23.6 Å². The lowest BCUT2D eigenvalue weighted by Gasteiger charge is -2.22. The molecule has 1 heterocycles. The van der Waals surface area contributed by atoms with E-state index in [9.17, 15) is 18.0 Å². The number of benzene rings is 1. The van der Waals surface area contributed by atoms with E-state index in [1.165, 1.54) is 18.0 Å². The number of amides is 1. The zero-order valence-corrected chi connectivity index (χ0v) is 15.5. The fraction of sp³-hybridized carbons (Fsp3) is 0.375. The van der Waals surface area contributed by atoms with Crippen LogP contribution in [0.15, 0.2) is 34.8 Å². The van der Waals surface area contributed by atoms with Gasteiger partial charge >= 0.3 is 5.97 Å². The summed E-state index contributed by atoms with van der Waals surface area (Å²) >= 11 is 3.33. The SMILES string of the molecule is CN(C(=O)COC(=O)/C=C/c1cccc(Br)c1)[C@@H]1CCS(=O)(=O)C1. The predicted molar refractivity (Wildman–Crippen MR) is 94.0 cm³/mol. The van der Waals surface area contributed by atoms with Crippen LogP contribution in [0.4, 0.5) is 0 Å². The van der Waals surface area contributed by atoms with Crippen LogP contribution in [0.25, 0.3) is 6.08 Å². The van der Waals surface area contributed by atoms with Crippen molar-refractivity contribution in [3.05, 3.63) is 40.4 Å². The number of halogens is 1. The number of hydrogen-bond donors (Lipinski definition) is 0. The summed E-state index contributed by atoms with van der Waals surface area (Å²) in [6.45, 7) is -0.408.